The first-order valence-corrected chi connectivity index (χ1v) is 16.9. The van der Waals surface area contributed by atoms with E-state index in [4.69, 9.17) is 4.74 Å². The molecule has 0 unspecified atom stereocenters. The zero-order valence-corrected chi connectivity index (χ0v) is 27.2. The average molecular weight is 606 g/mol. The fraction of sp³-hybridized carbons (Fsp3) is 0.686. The standard InChI is InChI=1S/C35H51N5O4/c1-6-38-17-19-39(20-18-38)15-8-16-40-31(33(42)37-27-10-7-9-23(3)25(27)5)35-14-13-28(44-35)29(30(35)34(40)43)32(41)36-26-12-11-22(2)24(4)21-26/h11-14,21,23,25,27-31H,6-10,15-20H2,1-5H3,(H,36,41)(H,37,42)/t23-,25+,27+,28-,29+,30-,31-,35-/m0/s1. The highest BCUT2D eigenvalue weighted by Crippen LogP contribution is 2.55. The Morgan fingerprint density at radius 1 is 1.00 bits per heavy atom. The van der Waals surface area contributed by atoms with Crippen LogP contribution in [0.5, 0.6) is 0 Å². The van der Waals surface area contributed by atoms with E-state index < -0.39 is 29.6 Å². The van der Waals surface area contributed by atoms with Gasteiger partial charge in [0.05, 0.1) is 17.9 Å². The van der Waals surface area contributed by atoms with Crippen LogP contribution in [0.15, 0.2) is 30.4 Å². The second kappa shape index (κ2) is 12.6. The number of hydrogen-bond acceptors (Lipinski definition) is 6. The minimum absolute atomic E-state index is 0.0694. The van der Waals surface area contributed by atoms with Crippen LogP contribution >= 0.6 is 0 Å². The van der Waals surface area contributed by atoms with Crippen LogP contribution in [-0.4, -0.2) is 102 Å². The van der Waals surface area contributed by atoms with Gasteiger partial charge in [0.15, 0.2) is 0 Å². The first-order chi connectivity index (χ1) is 21.1. The van der Waals surface area contributed by atoms with Crippen molar-refractivity contribution < 1.29 is 19.1 Å². The normalized spacial score (nSPS) is 35.2. The average Bonchev–Trinajstić information content (AvgIpc) is 3.65. The fourth-order valence-electron chi connectivity index (χ4n) is 8.39. The van der Waals surface area contributed by atoms with Crippen LogP contribution in [-0.2, 0) is 19.1 Å². The van der Waals surface area contributed by atoms with E-state index in [2.05, 4.69) is 41.2 Å². The van der Waals surface area contributed by atoms with E-state index in [1.807, 2.05) is 44.2 Å². The number of carbonyl (C=O) groups excluding carboxylic acids is 3. The first kappa shape index (κ1) is 31.2. The molecule has 6 rings (SSSR count). The van der Waals surface area contributed by atoms with Crippen molar-refractivity contribution in [3.63, 3.8) is 0 Å². The summed E-state index contributed by atoms with van der Waals surface area (Å²) in [6, 6.07) is 5.12. The van der Waals surface area contributed by atoms with Crippen molar-refractivity contribution in [1.82, 2.24) is 20.0 Å². The number of carbonyl (C=O) groups is 3. The fourth-order valence-corrected chi connectivity index (χ4v) is 8.39. The van der Waals surface area contributed by atoms with Gasteiger partial charge in [0, 0.05) is 44.5 Å². The van der Waals surface area contributed by atoms with Crippen molar-refractivity contribution >= 4 is 23.4 Å². The summed E-state index contributed by atoms with van der Waals surface area (Å²) in [5.41, 5.74) is 1.81. The molecule has 9 heteroatoms. The van der Waals surface area contributed by atoms with Crippen LogP contribution in [0.2, 0.25) is 0 Å². The molecule has 3 saturated heterocycles. The number of amides is 3. The van der Waals surface area contributed by atoms with Crippen LogP contribution in [0.4, 0.5) is 5.69 Å². The Morgan fingerprint density at radius 3 is 2.48 bits per heavy atom. The molecule has 8 atom stereocenters. The minimum atomic E-state index is -1.13. The van der Waals surface area contributed by atoms with Gasteiger partial charge in [-0.2, -0.15) is 0 Å². The number of piperazine rings is 1. The minimum Gasteiger partial charge on any atom is -0.359 e. The van der Waals surface area contributed by atoms with Gasteiger partial charge in [0.1, 0.15) is 11.6 Å². The Labute approximate surface area is 262 Å². The molecule has 0 aromatic heterocycles. The van der Waals surface area contributed by atoms with E-state index in [1.165, 1.54) is 6.42 Å². The van der Waals surface area contributed by atoms with Crippen LogP contribution < -0.4 is 10.6 Å². The topological polar surface area (TPSA) is 94.2 Å². The molecule has 5 aliphatic rings. The number of anilines is 1. The lowest BCUT2D eigenvalue weighted by Gasteiger charge is -2.38. The summed E-state index contributed by atoms with van der Waals surface area (Å²) in [4.78, 5) is 49.1. The molecule has 3 amide bonds. The lowest BCUT2D eigenvalue weighted by Crippen LogP contribution is -2.58. The molecule has 44 heavy (non-hydrogen) atoms. The third-order valence-electron chi connectivity index (χ3n) is 11.5. The molecular weight excluding hydrogens is 554 g/mol. The second-order valence-corrected chi connectivity index (χ2v) is 14.0. The third-order valence-corrected chi connectivity index (χ3v) is 11.5. The Bertz CT molecular complexity index is 1290. The number of rotatable bonds is 9. The number of fused-ring (bicyclic) bond motifs is 1. The van der Waals surface area contributed by atoms with Gasteiger partial charge >= 0.3 is 0 Å². The van der Waals surface area contributed by atoms with Crippen molar-refractivity contribution in [2.75, 3.05) is 51.1 Å². The Morgan fingerprint density at radius 2 is 1.75 bits per heavy atom. The van der Waals surface area contributed by atoms with Gasteiger partial charge < -0.3 is 30.1 Å². The molecule has 1 saturated carbocycles. The maximum Gasteiger partial charge on any atom is 0.246 e. The van der Waals surface area contributed by atoms with E-state index in [0.717, 1.165) is 69.7 Å². The highest BCUT2D eigenvalue weighted by Gasteiger charge is 2.72. The lowest BCUT2D eigenvalue weighted by molar-refractivity contribution is -0.141. The molecule has 240 valence electrons. The van der Waals surface area contributed by atoms with E-state index in [9.17, 15) is 14.4 Å². The summed E-state index contributed by atoms with van der Waals surface area (Å²) in [7, 11) is 0. The summed E-state index contributed by atoms with van der Waals surface area (Å²) >= 11 is 0. The lowest BCUT2D eigenvalue weighted by atomic mass is 9.73. The van der Waals surface area contributed by atoms with Gasteiger partial charge in [-0.05, 0) is 74.9 Å². The summed E-state index contributed by atoms with van der Waals surface area (Å²) in [5, 5.41) is 6.43. The van der Waals surface area contributed by atoms with Gasteiger partial charge in [-0.15, -0.1) is 0 Å². The van der Waals surface area contributed by atoms with Crippen LogP contribution in [0.25, 0.3) is 0 Å². The number of nitrogens with one attached hydrogen (secondary N) is 2. The van der Waals surface area contributed by atoms with E-state index in [1.54, 1.807) is 4.90 Å². The van der Waals surface area contributed by atoms with Crippen LogP contribution in [0.1, 0.15) is 57.6 Å². The van der Waals surface area contributed by atoms with Crippen molar-refractivity contribution in [2.24, 2.45) is 23.7 Å². The largest absolute Gasteiger partial charge is 0.359 e. The van der Waals surface area contributed by atoms with Gasteiger partial charge in [0.25, 0.3) is 0 Å². The maximum atomic E-state index is 14.4. The zero-order chi connectivity index (χ0) is 31.2. The summed E-state index contributed by atoms with van der Waals surface area (Å²) < 4.78 is 6.58. The molecule has 1 aromatic carbocycles. The van der Waals surface area contributed by atoms with Gasteiger partial charge in [0.2, 0.25) is 17.7 Å². The number of likely N-dealkylation sites (N-methyl/N-ethyl adjacent to an activating group) is 1. The molecule has 1 spiro atoms. The first-order valence-electron chi connectivity index (χ1n) is 16.9. The van der Waals surface area contributed by atoms with Gasteiger partial charge in [-0.3, -0.25) is 14.4 Å². The number of aryl methyl sites for hydroxylation is 2. The monoisotopic (exact) mass is 605 g/mol. The summed E-state index contributed by atoms with van der Waals surface area (Å²) in [5.74, 6) is -1.04. The van der Waals surface area contributed by atoms with E-state index in [-0.39, 0.29) is 23.8 Å². The van der Waals surface area contributed by atoms with Crippen molar-refractivity contribution in [3.05, 3.63) is 41.5 Å². The molecular formula is C35H51N5O4. The molecule has 9 nitrogen and oxygen atoms in total. The Balaban J connectivity index is 1.23. The molecule has 1 aromatic rings. The summed E-state index contributed by atoms with van der Waals surface area (Å²) in [6.45, 7) is 17.3. The van der Waals surface area contributed by atoms with Crippen molar-refractivity contribution in [1.29, 1.82) is 0 Å². The summed E-state index contributed by atoms with van der Waals surface area (Å²) in [6.07, 6.45) is 7.26. The Hall–Kier alpha value is -2.75. The number of ether oxygens (including phenoxy) is 1. The zero-order valence-electron chi connectivity index (χ0n) is 27.2. The predicted octanol–water partition coefficient (Wildman–Crippen LogP) is 3.36. The van der Waals surface area contributed by atoms with Crippen molar-refractivity contribution in [2.45, 2.75) is 84.1 Å². The van der Waals surface area contributed by atoms with Crippen LogP contribution in [0.3, 0.4) is 0 Å². The Kier molecular flexibility index (Phi) is 8.92. The number of hydrogen-bond donors (Lipinski definition) is 2. The number of nitrogens with zero attached hydrogens (tertiary/aromatic N) is 3. The second-order valence-electron chi connectivity index (χ2n) is 14.0. The van der Waals surface area contributed by atoms with Crippen molar-refractivity contribution in [3.8, 4) is 0 Å². The van der Waals surface area contributed by atoms with Gasteiger partial charge in [-0.25, -0.2) is 0 Å². The molecule has 4 fully saturated rings. The smallest absolute Gasteiger partial charge is 0.246 e. The van der Waals surface area contributed by atoms with E-state index in [0.29, 0.717) is 24.1 Å². The molecule has 4 heterocycles. The molecule has 1 aliphatic carbocycles. The molecule has 0 radical (unpaired) electrons. The highest BCUT2D eigenvalue weighted by molar-refractivity contribution is 6.02. The molecule has 2 bridgehead atoms. The quantitative estimate of drug-likeness (QED) is 0.420. The number of likely N-dealkylation sites (tertiary alicyclic amines) is 1. The highest BCUT2D eigenvalue weighted by atomic mass is 16.5. The maximum absolute atomic E-state index is 14.4. The predicted molar refractivity (Wildman–Crippen MR) is 171 cm³/mol. The van der Waals surface area contributed by atoms with Gasteiger partial charge in [-0.1, -0.05) is 51.8 Å². The third kappa shape index (κ3) is 5.60. The van der Waals surface area contributed by atoms with Crippen LogP contribution in [0, 0.1) is 37.5 Å². The molecule has 4 aliphatic heterocycles. The SMILES string of the molecule is CCN1CCN(CCCN2C(=O)[C@@H]3[C@H](C(=O)Nc4ccc(C)c(C)c4)[C@@H]4C=C[C@@]3(O4)[C@@H]2C(=O)N[C@@H]2CCC[C@H](C)[C@H]2C)CC1. The molecule has 2 N–H and O–H groups in total. The van der Waals surface area contributed by atoms with E-state index >= 15 is 0 Å². The number of benzene rings is 1.